The quantitative estimate of drug-likeness (QED) is 0.784. The molecule has 0 aromatic carbocycles. The van der Waals surface area contributed by atoms with Crippen LogP contribution in [0.5, 0.6) is 0 Å². The summed E-state index contributed by atoms with van der Waals surface area (Å²) in [5.74, 6) is 0.747. The van der Waals surface area contributed by atoms with Gasteiger partial charge >= 0.3 is 0 Å². The fourth-order valence-electron chi connectivity index (χ4n) is 1.82. The van der Waals surface area contributed by atoms with Crippen molar-refractivity contribution in [2.45, 2.75) is 40.2 Å². The molecule has 0 aromatic heterocycles. The molecule has 94 valence electrons. The first-order chi connectivity index (χ1) is 7.22. The standard InChI is InChI=1S/C10H22N2O.C2H6.H2/c1-9(2)7-12-5-6-13-10(8-12)3-4-11;1-2;/h9-10H,3-8,11H2,1-2H3;1-2H3;1H/t10-;;/m1../s1. The Balaban J connectivity index is 0. The molecule has 1 saturated heterocycles. The van der Waals surface area contributed by atoms with Crippen molar-refractivity contribution >= 4 is 0 Å². The summed E-state index contributed by atoms with van der Waals surface area (Å²) in [5, 5.41) is 0. The number of nitrogens with zero attached hydrogens (tertiary/aromatic N) is 1. The Labute approximate surface area is 96.5 Å². The van der Waals surface area contributed by atoms with Crippen molar-refractivity contribution in [2.24, 2.45) is 11.7 Å². The third-order valence-corrected chi connectivity index (χ3v) is 2.33. The molecule has 3 nitrogen and oxygen atoms in total. The summed E-state index contributed by atoms with van der Waals surface area (Å²) in [6.45, 7) is 13.5. The molecule has 1 aliphatic heterocycles. The van der Waals surface area contributed by atoms with Gasteiger partial charge in [0.05, 0.1) is 12.7 Å². The van der Waals surface area contributed by atoms with Gasteiger partial charge in [-0.1, -0.05) is 27.7 Å². The fraction of sp³-hybridized carbons (Fsp3) is 1.00. The summed E-state index contributed by atoms with van der Waals surface area (Å²) < 4.78 is 5.61. The SMILES string of the molecule is CC.CC(C)CN1CCO[C@H](CCN)C1.[HH]. The Kier molecular flexibility index (Phi) is 9.06. The van der Waals surface area contributed by atoms with Crippen LogP contribution in [0.15, 0.2) is 0 Å². The summed E-state index contributed by atoms with van der Waals surface area (Å²) in [6, 6.07) is 0. The maximum absolute atomic E-state index is 5.61. The Morgan fingerprint density at radius 1 is 1.47 bits per heavy atom. The summed E-state index contributed by atoms with van der Waals surface area (Å²) in [5.41, 5.74) is 5.51. The highest BCUT2D eigenvalue weighted by atomic mass is 16.5. The topological polar surface area (TPSA) is 38.5 Å². The molecule has 0 unspecified atom stereocenters. The second-order valence-electron chi connectivity index (χ2n) is 4.22. The Bertz CT molecular complexity index is 143. The third-order valence-electron chi connectivity index (χ3n) is 2.33. The summed E-state index contributed by atoms with van der Waals surface area (Å²) in [4.78, 5) is 2.48. The first-order valence-electron chi connectivity index (χ1n) is 6.26. The highest BCUT2D eigenvalue weighted by Crippen LogP contribution is 2.09. The van der Waals surface area contributed by atoms with Crippen molar-refractivity contribution in [3.05, 3.63) is 0 Å². The lowest BCUT2D eigenvalue weighted by molar-refractivity contribution is -0.0337. The Hall–Kier alpha value is -0.120. The largest absolute Gasteiger partial charge is 0.376 e. The molecular formula is C12H30N2O. The summed E-state index contributed by atoms with van der Waals surface area (Å²) >= 11 is 0. The maximum atomic E-state index is 5.61. The van der Waals surface area contributed by atoms with Gasteiger partial charge in [0.2, 0.25) is 0 Å². The van der Waals surface area contributed by atoms with Crippen LogP contribution in [-0.4, -0.2) is 43.8 Å². The van der Waals surface area contributed by atoms with Crippen LogP contribution in [0.3, 0.4) is 0 Å². The zero-order valence-electron chi connectivity index (χ0n) is 10.8. The smallest absolute Gasteiger partial charge is 0.0714 e. The number of morpholine rings is 1. The lowest BCUT2D eigenvalue weighted by Crippen LogP contribution is -2.44. The highest BCUT2D eigenvalue weighted by Gasteiger charge is 2.19. The van der Waals surface area contributed by atoms with E-state index in [9.17, 15) is 0 Å². The van der Waals surface area contributed by atoms with Gasteiger partial charge in [-0.15, -0.1) is 0 Å². The third kappa shape index (κ3) is 6.88. The lowest BCUT2D eigenvalue weighted by atomic mass is 10.1. The fourth-order valence-corrected chi connectivity index (χ4v) is 1.82. The molecule has 0 bridgehead atoms. The van der Waals surface area contributed by atoms with Crippen molar-refractivity contribution < 1.29 is 6.16 Å². The van der Waals surface area contributed by atoms with E-state index < -0.39 is 0 Å². The minimum atomic E-state index is 0. The number of ether oxygens (including phenoxy) is 1. The van der Waals surface area contributed by atoms with Crippen LogP contribution in [0, 0.1) is 5.92 Å². The minimum absolute atomic E-state index is 0. The van der Waals surface area contributed by atoms with E-state index in [0.29, 0.717) is 6.10 Å². The normalized spacial score (nSPS) is 22.4. The van der Waals surface area contributed by atoms with Gasteiger partial charge in [-0.25, -0.2) is 0 Å². The maximum Gasteiger partial charge on any atom is 0.0714 e. The van der Waals surface area contributed by atoms with Gasteiger partial charge < -0.3 is 10.5 Å². The van der Waals surface area contributed by atoms with E-state index in [0.717, 1.165) is 38.6 Å². The molecule has 0 spiro atoms. The number of hydrogen-bond donors (Lipinski definition) is 1. The second kappa shape index (κ2) is 9.13. The first-order valence-corrected chi connectivity index (χ1v) is 6.26. The average molecular weight is 218 g/mol. The minimum Gasteiger partial charge on any atom is -0.376 e. The van der Waals surface area contributed by atoms with Crippen LogP contribution in [-0.2, 0) is 4.74 Å². The van der Waals surface area contributed by atoms with Crippen molar-refractivity contribution in [2.75, 3.05) is 32.8 Å². The molecule has 1 rings (SSSR count). The van der Waals surface area contributed by atoms with Crippen LogP contribution in [0.1, 0.15) is 35.5 Å². The van der Waals surface area contributed by atoms with Gasteiger partial charge in [0.15, 0.2) is 0 Å². The van der Waals surface area contributed by atoms with Gasteiger partial charge in [-0.05, 0) is 18.9 Å². The van der Waals surface area contributed by atoms with Crippen LogP contribution < -0.4 is 5.73 Å². The van der Waals surface area contributed by atoms with E-state index in [1.54, 1.807) is 0 Å². The molecule has 0 aliphatic carbocycles. The van der Waals surface area contributed by atoms with Crippen molar-refractivity contribution in [1.82, 2.24) is 4.90 Å². The van der Waals surface area contributed by atoms with Crippen molar-refractivity contribution in [1.29, 1.82) is 0 Å². The van der Waals surface area contributed by atoms with Gasteiger partial charge in [-0.2, -0.15) is 0 Å². The van der Waals surface area contributed by atoms with E-state index >= 15 is 0 Å². The summed E-state index contributed by atoms with van der Waals surface area (Å²) in [6.07, 6.45) is 1.37. The predicted octanol–water partition coefficient (Wildman–Crippen LogP) is 1.96. The number of nitrogens with two attached hydrogens (primary N) is 1. The molecule has 0 saturated carbocycles. The molecule has 15 heavy (non-hydrogen) atoms. The van der Waals surface area contributed by atoms with Crippen molar-refractivity contribution in [3.8, 4) is 0 Å². The molecule has 1 fully saturated rings. The van der Waals surface area contributed by atoms with Gasteiger partial charge in [0, 0.05) is 21.1 Å². The van der Waals surface area contributed by atoms with Crippen molar-refractivity contribution in [3.63, 3.8) is 0 Å². The molecule has 0 amide bonds. The van der Waals surface area contributed by atoms with Crippen LogP contribution in [0.25, 0.3) is 0 Å². The zero-order valence-corrected chi connectivity index (χ0v) is 10.8. The molecule has 1 atom stereocenters. The van der Waals surface area contributed by atoms with Crippen LogP contribution in [0.4, 0.5) is 0 Å². The monoisotopic (exact) mass is 218 g/mol. The Morgan fingerprint density at radius 3 is 2.67 bits per heavy atom. The zero-order chi connectivity index (χ0) is 11.7. The molecule has 2 N–H and O–H groups in total. The molecule has 0 aromatic rings. The van der Waals surface area contributed by atoms with E-state index in [4.69, 9.17) is 10.5 Å². The van der Waals surface area contributed by atoms with Crippen LogP contribution in [0.2, 0.25) is 0 Å². The number of rotatable bonds is 4. The van der Waals surface area contributed by atoms with Gasteiger partial charge in [-0.3, -0.25) is 4.90 Å². The second-order valence-corrected chi connectivity index (χ2v) is 4.22. The first kappa shape index (κ1) is 14.9. The van der Waals surface area contributed by atoms with Crippen LogP contribution >= 0.6 is 0 Å². The van der Waals surface area contributed by atoms with E-state index in [1.165, 1.54) is 6.54 Å². The lowest BCUT2D eigenvalue weighted by Gasteiger charge is -2.33. The van der Waals surface area contributed by atoms with Gasteiger partial charge in [0.25, 0.3) is 0 Å². The van der Waals surface area contributed by atoms with E-state index in [-0.39, 0.29) is 1.43 Å². The van der Waals surface area contributed by atoms with E-state index in [1.807, 2.05) is 13.8 Å². The predicted molar refractivity (Wildman–Crippen MR) is 68.2 cm³/mol. The van der Waals surface area contributed by atoms with E-state index in [2.05, 4.69) is 18.7 Å². The molecule has 1 heterocycles. The molecule has 1 aliphatic rings. The average Bonchev–Trinajstić information content (AvgIpc) is 2.21. The Morgan fingerprint density at radius 2 is 2.13 bits per heavy atom. The molecule has 3 heteroatoms. The highest BCUT2D eigenvalue weighted by molar-refractivity contribution is 4.72. The molecular weight excluding hydrogens is 188 g/mol. The van der Waals surface area contributed by atoms with Gasteiger partial charge in [0.1, 0.15) is 0 Å². The summed E-state index contributed by atoms with van der Waals surface area (Å²) in [7, 11) is 0. The molecule has 0 radical (unpaired) electrons. The number of hydrogen-bond acceptors (Lipinski definition) is 3.